The van der Waals surface area contributed by atoms with Gasteiger partial charge in [-0.05, 0) is 0 Å². The summed E-state index contributed by atoms with van der Waals surface area (Å²) < 4.78 is 2.87. The summed E-state index contributed by atoms with van der Waals surface area (Å²) in [6.45, 7) is 0. The number of nitrogens with one attached hydrogen (secondary N) is 2. The fourth-order valence-electron chi connectivity index (χ4n) is 1.13. The summed E-state index contributed by atoms with van der Waals surface area (Å²) in [6.07, 6.45) is 1.76. The second kappa shape index (κ2) is 1.54. The van der Waals surface area contributed by atoms with Crippen molar-refractivity contribution in [2.24, 2.45) is 0 Å². The van der Waals surface area contributed by atoms with Gasteiger partial charge in [-0.2, -0.15) is 0 Å². The van der Waals surface area contributed by atoms with Crippen LogP contribution in [0, 0.1) is 5.41 Å². The van der Waals surface area contributed by atoms with E-state index in [-0.39, 0.29) is 14.7 Å². The Labute approximate surface area is 66.5 Å². The van der Waals surface area contributed by atoms with Gasteiger partial charge in [0.15, 0.2) is 0 Å². The summed E-state index contributed by atoms with van der Waals surface area (Å²) in [4.78, 5) is 11.2. The molecule has 0 radical (unpaired) electrons. The first kappa shape index (κ1) is 5.51. The monoisotopic (exact) mass is 213 g/mol. The van der Waals surface area contributed by atoms with Crippen LogP contribution in [0.4, 0.5) is 0 Å². The Bertz CT molecular complexity index is 523. The summed E-state index contributed by atoms with van der Waals surface area (Å²) in [6, 6.07) is 0. The van der Waals surface area contributed by atoms with Crippen molar-refractivity contribution in [2.45, 2.75) is 0 Å². The van der Waals surface area contributed by atoms with Crippen LogP contribution in [-0.4, -0.2) is 33.1 Å². The van der Waals surface area contributed by atoms with Crippen molar-refractivity contribution in [3.05, 3.63) is 11.8 Å². The first-order valence-corrected chi connectivity index (χ1v) is 4.67. The van der Waals surface area contributed by atoms with Gasteiger partial charge in [0, 0.05) is 0 Å². The standard InChI is InChI=1S/C5H3N5Se/c6-3-2-4-7-1-10(2)11-5(8-3)9-4/h1H,(H2,6,8,9). The van der Waals surface area contributed by atoms with E-state index in [9.17, 15) is 0 Å². The predicted molar refractivity (Wildman–Crippen MR) is 38.8 cm³/mol. The van der Waals surface area contributed by atoms with Crippen molar-refractivity contribution in [2.75, 3.05) is 0 Å². The first-order chi connectivity index (χ1) is 5.34. The van der Waals surface area contributed by atoms with Gasteiger partial charge < -0.3 is 0 Å². The van der Waals surface area contributed by atoms with E-state index in [0.29, 0.717) is 5.49 Å². The van der Waals surface area contributed by atoms with E-state index >= 15 is 0 Å². The van der Waals surface area contributed by atoms with Crippen molar-refractivity contribution in [3.8, 4) is 0 Å². The van der Waals surface area contributed by atoms with Crippen LogP contribution in [0.25, 0.3) is 15.7 Å². The van der Waals surface area contributed by atoms with E-state index in [2.05, 4.69) is 15.0 Å². The zero-order valence-electron chi connectivity index (χ0n) is 5.33. The molecule has 5 nitrogen and oxygen atoms in total. The molecule has 4 rings (SSSR count). The Morgan fingerprint density at radius 3 is 3.18 bits per heavy atom. The Kier molecular flexibility index (Phi) is 0.773. The summed E-state index contributed by atoms with van der Waals surface area (Å²) in [5.41, 5.74) is 1.95. The van der Waals surface area contributed by atoms with Gasteiger partial charge in [-0.3, -0.25) is 0 Å². The number of hydrogen-bond acceptors (Lipinski definition) is 3. The van der Waals surface area contributed by atoms with Crippen molar-refractivity contribution < 1.29 is 0 Å². The molecule has 4 aromatic heterocycles. The molecule has 11 heavy (non-hydrogen) atoms. The molecule has 6 heteroatoms. The van der Waals surface area contributed by atoms with Gasteiger partial charge in [-0.25, -0.2) is 0 Å². The number of imidazole rings is 1. The topological polar surface area (TPSA) is 69.8 Å². The third kappa shape index (κ3) is 0.539. The van der Waals surface area contributed by atoms with Gasteiger partial charge in [-0.15, -0.1) is 0 Å². The van der Waals surface area contributed by atoms with Gasteiger partial charge in [0.2, 0.25) is 0 Å². The zero-order chi connectivity index (χ0) is 7.42. The summed E-state index contributed by atoms with van der Waals surface area (Å²) in [5.74, 6) is 0. The van der Waals surface area contributed by atoms with Crippen LogP contribution >= 0.6 is 0 Å². The average molecular weight is 212 g/mol. The molecule has 0 aliphatic carbocycles. The molecule has 0 saturated carbocycles. The summed E-state index contributed by atoms with van der Waals surface area (Å²) in [7, 11) is 0. The average Bonchev–Trinajstić information content (AvgIpc) is 2.27. The van der Waals surface area contributed by atoms with Gasteiger partial charge in [0.05, 0.1) is 0 Å². The molecule has 2 N–H and O–H groups in total. The van der Waals surface area contributed by atoms with Gasteiger partial charge in [0.25, 0.3) is 0 Å². The maximum absolute atomic E-state index is 7.48. The van der Waals surface area contributed by atoms with Crippen molar-refractivity contribution in [1.29, 1.82) is 5.41 Å². The number of rotatable bonds is 0. The Hall–Kier alpha value is -1.13. The van der Waals surface area contributed by atoms with Gasteiger partial charge in [-0.1, -0.05) is 0 Å². The van der Waals surface area contributed by atoms with E-state index in [1.807, 2.05) is 3.40 Å². The molecular formula is C5H3N5Se. The van der Waals surface area contributed by atoms with Gasteiger partial charge in [0.1, 0.15) is 0 Å². The second-order valence-electron chi connectivity index (χ2n) is 2.25. The molecule has 0 spiro atoms. The first-order valence-electron chi connectivity index (χ1n) is 3.05. The van der Waals surface area contributed by atoms with Crippen LogP contribution in [0.1, 0.15) is 0 Å². The van der Waals surface area contributed by atoms with Crippen molar-refractivity contribution >= 4 is 30.4 Å². The molecule has 0 aliphatic heterocycles. The Balaban J connectivity index is 2.96. The van der Waals surface area contributed by atoms with Crippen LogP contribution < -0.4 is 5.49 Å². The molecule has 0 aliphatic rings. The van der Waals surface area contributed by atoms with Crippen LogP contribution in [0.3, 0.4) is 0 Å². The SMILES string of the molecule is N=c1nc2[nH]c3ncn([se]2)c13. The van der Waals surface area contributed by atoms with Crippen LogP contribution in [0.2, 0.25) is 0 Å². The minimum atomic E-state index is 0.184. The normalized spacial score (nSPS) is 12.0. The second-order valence-corrected chi connectivity index (χ2v) is 4.27. The van der Waals surface area contributed by atoms with Crippen LogP contribution in [0.15, 0.2) is 6.33 Å². The third-order valence-corrected chi connectivity index (χ3v) is 3.35. The predicted octanol–water partition coefficient (Wildman–Crippen LogP) is -0.815. The van der Waals surface area contributed by atoms with E-state index in [1.165, 1.54) is 0 Å². The van der Waals surface area contributed by atoms with E-state index < -0.39 is 0 Å². The molecule has 54 valence electrons. The van der Waals surface area contributed by atoms with E-state index in [1.54, 1.807) is 6.33 Å². The van der Waals surface area contributed by atoms with Gasteiger partial charge >= 0.3 is 66.0 Å². The van der Waals surface area contributed by atoms with E-state index in [0.717, 1.165) is 15.7 Å². The van der Waals surface area contributed by atoms with E-state index in [4.69, 9.17) is 5.41 Å². The number of H-pyrrole nitrogens is 1. The fourth-order valence-corrected chi connectivity index (χ4v) is 2.85. The number of nitrogens with zero attached hydrogens (tertiary/aromatic N) is 3. The summed E-state index contributed by atoms with van der Waals surface area (Å²) in [5, 5.41) is 7.48. The molecule has 0 atom stereocenters. The molecule has 4 bridgehead atoms. The molecule has 0 fully saturated rings. The quantitative estimate of drug-likeness (QED) is 0.478. The molecule has 0 saturated heterocycles. The number of hydrogen-bond donors (Lipinski definition) is 2. The molecule has 4 heterocycles. The Morgan fingerprint density at radius 2 is 2.55 bits per heavy atom. The maximum atomic E-state index is 7.48. The molecule has 4 aromatic rings. The van der Waals surface area contributed by atoms with Crippen molar-refractivity contribution in [1.82, 2.24) is 18.3 Å². The molecule has 0 aromatic carbocycles. The van der Waals surface area contributed by atoms with Crippen LogP contribution in [0.5, 0.6) is 0 Å². The van der Waals surface area contributed by atoms with Crippen LogP contribution in [-0.2, 0) is 0 Å². The van der Waals surface area contributed by atoms with Crippen molar-refractivity contribution in [3.63, 3.8) is 0 Å². The fraction of sp³-hybridized carbons (Fsp3) is 0. The third-order valence-electron chi connectivity index (χ3n) is 1.58. The molecule has 0 amide bonds. The number of aromatic amines is 1. The number of fused-ring (bicyclic) bond motifs is 1. The Morgan fingerprint density at radius 1 is 1.64 bits per heavy atom. The zero-order valence-corrected chi connectivity index (χ0v) is 7.04. The summed E-state index contributed by atoms with van der Waals surface area (Å²) >= 11 is 0.184. The molecule has 0 unspecified atom stereocenters. The minimum absolute atomic E-state index is 0.184. The number of aromatic nitrogens is 4. The molecular weight excluding hydrogens is 209 g/mol.